The molecule has 32 heavy (non-hydrogen) atoms. The maximum Gasteiger partial charge on any atom is 0.252 e. The van der Waals surface area contributed by atoms with Crippen molar-refractivity contribution in [3.05, 3.63) is 65.2 Å². The Labute approximate surface area is 190 Å². The Morgan fingerprint density at radius 2 is 1.81 bits per heavy atom. The molecule has 6 nitrogen and oxygen atoms in total. The van der Waals surface area contributed by atoms with Crippen LogP contribution in [0.15, 0.2) is 48.5 Å². The standard InChI is InChI=1S/C26H34N2O4/c1-25(2,3)20-11-13-26(31,14-12-20)17-28-24(30)19-8-6-7-18(15-19)16-32-22-10-5-4-9-21(22)23(27)29/h4-10,15,20,31H,11-14,16-17H2,1-3H3,(H2,27,29)(H,28,30). The number of hydrogen-bond acceptors (Lipinski definition) is 4. The van der Waals surface area contributed by atoms with E-state index in [0.717, 1.165) is 18.4 Å². The molecule has 2 aromatic rings. The van der Waals surface area contributed by atoms with Crippen LogP contribution in [0.3, 0.4) is 0 Å². The molecule has 0 radical (unpaired) electrons. The average Bonchev–Trinajstić information content (AvgIpc) is 2.76. The zero-order valence-electron chi connectivity index (χ0n) is 19.2. The molecule has 1 fully saturated rings. The van der Waals surface area contributed by atoms with Crippen LogP contribution in [0, 0.1) is 11.3 Å². The number of ether oxygens (including phenoxy) is 1. The third-order valence-electron chi connectivity index (χ3n) is 6.46. The molecule has 0 aromatic heterocycles. The van der Waals surface area contributed by atoms with Gasteiger partial charge in [-0.05, 0) is 66.8 Å². The van der Waals surface area contributed by atoms with Crippen LogP contribution in [-0.4, -0.2) is 29.1 Å². The summed E-state index contributed by atoms with van der Waals surface area (Å²) in [6.45, 7) is 7.17. The lowest BCUT2D eigenvalue weighted by molar-refractivity contribution is -0.0228. The Morgan fingerprint density at radius 3 is 2.47 bits per heavy atom. The van der Waals surface area contributed by atoms with E-state index in [4.69, 9.17) is 10.5 Å². The van der Waals surface area contributed by atoms with Gasteiger partial charge in [0.05, 0.1) is 11.2 Å². The maximum absolute atomic E-state index is 12.7. The van der Waals surface area contributed by atoms with Crippen LogP contribution in [-0.2, 0) is 6.61 Å². The third-order valence-corrected chi connectivity index (χ3v) is 6.46. The summed E-state index contributed by atoms with van der Waals surface area (Å²) in [5, 5.41) is 13.8. The van der Waals surface area contributed by atoms with Gasteiger partial charge in [-0.3, -0.25) is 9.59 Å². The molecular formula is C26H34N2O4. The smallest absolute Gasteiger partial charge is 0.252 e. The fraction of sp³-hybridized carbons (Fsp3) is 0.462. The van der Waals surface area contributed by atoms with Gasteiger partial charge in [0.15, 0.2) is 0 Å². The quantitative estimate of drug-likeness (QED) is 0.607. The predicted molar refractivity (Wildman–Crippen MR) is 124 cm³/mol. The number of benzene rings is 2. The Morgan fingerprint density at radius 1 is 1.12 bits per heavy atom. The van der Waals surface area contributed by atoms with Crippen molar-refractivity contribution < 1.29 is 19.4 Å². The molecule has 4 N–H and O–H groups in total. The fourth-order valence-electron chi connectivity index (χ4n) is 4.30. The molecule has 0 heterocycles. The van der Waals surface area contributed by atoms with Crippen LogP contribution < -0.4 is 15.8 Å². The largest absolute Gasteiger partial charge is 0.488 e. The van der Waals surface area contributed by atoms with E-state index in [2.05, 4.69) is 26.1 Å². The lowest BCUT2D eigenvalue weighted by atomic mass is 9.68. The number of para-hydroxylation sites is 1. The van der Waals surface area contributed by atoms with Gasteiger partial charge in [0, 0.05) is 12.1 Å². The molecular weight excluding hydrogens is 404 g/mol. The topological polar surface area (TPSA) is 102 Å². The van der Waals surface area contributed by atoms with Crippen LogP contribution in [0.2, 0.25) is 0 Å². The molecule has 2 aromatic carbocycles. The monoisotopic (exact) mass is 438 g/mol. The minimum Gasteiger partial charge on any atom is -0.488 e. The van der Waals surface area contributed by atoms with Gasteiger partial charge < -0.3 is 20.9 Å². The third kappa shape index (κ3) is 6.10. The zero-order chi connectivity index (χ0) is 23.4. The molecule has 0 atom stereocenters. The van der Waals surface area contributed by atoms with Crippen molar-refractivity contribution in [3.8, 4) is 5.75 Å². The number of primary amides is 1. The normalized spacial score (nSPS) is 21.1. The number of carbonyl (C=O) groups excluding carboxylic acids is 2. The SMILES string of the molecule is CC(C)(C)C1CCC(O)(CNC(=O)c2cccc(COc3ccccc3C(N)=O)c2)CC1. The molecule has 1 aliphatic carbocycles. The Kier molecular flexibility index (Phi) is 7.24. The number of carbonyl (C=O) groups is 2. The minimum absolute atomic E-state index is 0.198. The van der Waals surface area contributed by atoms with Gasteiger partial charge >= 0.3 is 0 Å². The molecule has 0 spiro atoms. The van der Waals surface area contributed by atoms with Gasteiger partial charge in [-0.25, -0.2) is 0 Å². The Hall–Kier alpha value is -2.86. The van der Waals surface area contributed by atoms with Crippen molar-refractivity contribution in [2.45, 2.75) is 58.7 Å². The van der Waals surface area contributed by atoms with E-state index < -0.39 is 11.5 Å². The first-order chi connectivity index (χ1) is 15.1. The van der Waals surface area contributed by atoms with Gasteiger partial charge in [-0.15, -0.1) is 0 Å². The second kappa shape index (κ2) is 9.74. The van der Waals surface area contributed by atoms with Crippen molar-refractivity contribution in [1.82, 2.24) is 5.32 Å². The summed E-state index contributed by atoms with van der Waals surface area (Å²) in [6, 6.07) is 13.9. The van der Waals surface area contributed by atoms with Crippen LogP contribution in [0.4, 0.5) is 0 Å². The van der Waals surface area contributed by atoms with Crippen LogP contribution in [0.25, 0.3) is 0 Å². The highest BCUT2D eigenvalue weighted by atomic mass is 16.5. The van der Waals surface area contributed by atoms with E-state index in [9.17, 15) is 14.7 Å². The summed E-state index contributed by atoms with van der Waals surface area (Å²) < 4.78 is 5.76. The number of aliphatic hydroxyl groups is 1. The average molecular weight is 439 g/mol. The minimum atomic E-state index is -0.851. The summed E-state index contributed by atoms with van der Waals surface area (Å²) in [6.07, 6.45) is 3.33. The predicted octanol–water partition coefficient (Wildman–Crippen LogP) is 4.06. The van der Waals surface area contributed by atoms with Crippen molar-refractivity contribution in [2.24, 2.45) is 17.1 Å². The van der Waals surface area contributed by atoms with E-state index in [1.807, 2.05) is 6.07 Å². The van der Waals surface area contributed by atoms with E-state index in [-0.39, 0.29) is 24.5 Å². The van der Waals surface area contributed by atoms with Crippen molar-refractivity contribution >= 4 is 11.8 Å². The molecule has 0 bridgehead atoms. The van der Waals surface area contributed by atoms with E-state index in [0.29, 0.717) is 35.6 Å². The van der Waals surface area contributed by atoms with Gasteiger partial charge in [-0.1, -0.05) is 45.0 Å². The number of nitrogens with one attached hydrogen (secondary N) is 1. The number of amides is 2. The molecule has 0 saturated heterocycles. The lowest BCUT2D eigenvalue weighted by Crippen LogP contribution is -2.46. The van der Waals surface area contributed by atoms with Crippen LogP contribution in [0.1, 0.15) is 72.7 Å². The van der Waals surface area contributed by atoms with Crippen molar-refractivity contribution in [2.75, 3.05) is 6.54 Å². The summed E-state index contributed by atoms with van der Waals surface area (Å²) in [5.74, 6) is 0.219. The van der Waals surface area contributed by atoms with Gasteiger partial charge in [-0.2, -0.15) is 0 Å². The van der Waals surface area contributed by atoms with Gasteiger partial charge in [0.1, 0.15) is 12.4 Å². The van der Waals surface area contributed by atoms with E-state index in [1.165, 1.54) is 0 Å². The highest BCUT2D eigenvalue weighted by molar-refractivity contribution is 5.95. The van der Waals surface area contributed by atoms with E-state index in [1.54, 1.807) is 42.5 Å². The number of hydrogen-bond donors (Lipinski definition) is 3. The molecule has 1 aliphatic rings. The zero-order valence-corrected chi connectivity index (χ0v) is 19.2. The molecule has 0 aliphatic heterocycles. The second-order valence-corrected chi connectivity index (χ2v) is 9.90. The Bertz CT molecular complexity index is 956. The van der Waals surface area contributed by atoms with Gasteiger partial charge in [0.25, 0.3) is 11.8 Å². The molecule has 1 saturated carbocycles. The highest BCUT2D eigenvalue weighted by Crippen LogP contribution is 2.41. The Balaban J connectivity index is 1.56. The van der Waals surface area contributed by atoms with Crippen LogP contribution in [0.5, 0.6) is 5.75 Å². The summed E-state index contributed by atoms with van der Waals surface area (Å²) >= 11 is 0. The molecule has 3 rings (SSSR count). The van der Waals surface area contributed by atoms with Crippen molar-refractivity contribution in [1.29, 1.82) is 0 Å². The van der Waals surface area contributed by atoms with Crippen LogP contribution >= 0.6 is 0 Å². The first-order valence-electron chi connectivity index (χ1n) is 11.2. The van der Waals surface area contributed by atoms with Gasteiger partial charge in [0.2, 0.25) is 0 Å². The molecule has 6 heteroatoms. The molecule has 2 amide bonds. The molecule has 0 unspecified atom stereocenters. The highest BCUT2D eigenvalue weighted by Gasteiger charge is 2.37. The number of rotatable bonds is 7. The van der Waals surface area contributed by atoms with Crippen molar-refractivity contribution in [3.63, 3.8) is 0 Å². The fourth-order valence-corrected chi connectivity index (χ4v) is 4.30. The first kappa shape index (κ1) is 23.8. The van der Waals surface area contributed by atoms with E-state index >= 15 is 0 Å². The number of nitrogens with two attached hydrogens (primary N) is 1. The molecule has 172 valence electrons. The maximum atomic E-state index is 12.7. The summed E-state index contributed by atoms with van der Waals surface area (Å²) in [4.78, 5) is 24.2. The summed E-state index contributed by atoms with van der Waals surface area (Å²) in [7, 11) is 0. The second-order valence-electron chi connectivity index (χ2n) is 9.90. The lowest BCUT2D eigenvalue weighted by Gasteiger charge is -2.41. The first-order valence-corrected chi connectivity index (χ1v) is 11.2. The summed E-state index contributed by atoms with van der Waals surface area (Å²) in [5.41, 5.74) is 6.39.